The third kappa shape index (κ3) is 3.69. The quantitative estimate of drug-likeness (QED) is 0.408. The van der Waals surface area contributed by atoms with Crippen LogP contribution >= 0.6 is 11.6 Å². The van der Waals surface area contributed by atoms with E-state index >= 15 is 0 Å². The van der Waals surface area contributed by atoms with Crippen LogP contribution in [0.5, 0.6) is 0 Å². The number of fused-ring (bicyclic) bond motifs is 3. The van der Waals surface area contributed by atoms with Crippen LogP contribution in [0.3, 0.4) is 0 Å². The SMILES string of the molecule is CCOC(=O)C1=NN(c2cccc(Cl)c2)C2=NC3=C(CCc4ccccc43)[C@@H](c3ccc(C)cc3)N12. The van der Waals surface area contributed by atoms with Crippen molar-refractivity contribution < 1.29 is 9.53 Å². The van der Waals surface area contributed by atoms with Gasteiger partial charge in [-0.1, -0.05) is 71.8 Å². The Bertz CT molecular complexity index is 1460. The Balaban J connectivity index is 1.59. The van der Waals surface area contributed by atoms with Crippen LogP contribution in [0.15, 0.2) is 88.5 Å². The van der Waals surface area contributed by atoms with Crippen molar-refractivity contribution in [3.63, 3.8) is 0 Å². The Morgan fingerprint density at radius 2 is 1.86 bits per heavy atom. The Labute approximate surface area is 215 Å². The van der Waals surface area contributed by atoms with Crippen LogP contribution < -0.4 is 5.01 Å². The van der Waals surface area contributed by atoms with Crippen molar-refractivity contribution in [1.29, 1.82) is 0 Å². The van der Waals surface area contributed by atoms with E-state index in [2.05, 4.69) is 49.4 Å². The first-order valence-electron chi connectivity index (χ1n) is 12.1. The number of benzene rings is 3. The predicted molar refractivity (Wildman–Crippen MR) is 143 cm³/mol. The van der Waals surface area contributed by atoms with E-state index in [1.54, 1.807) is 11.9 Å². The van der Waals surface area contributed by atoms with Crippen molar-refractivity contribution in [2.45, 2.75) is 32.7 Å². The molecule has 1 aliphatic carbocycles. The molecule has 6 nitrogen and oxygen atoms in total. The number of anilines is 1. The minimum absolute atomic E-state index is 0.214. The zero-order chi connectivity index (χ0) is 24.8. The zero-order valence-electron chi connectivity index (χ0n) is 20.1. The van der Waals surface area contributed by atoms with Crippen LogP contribution in [-0.4, -0.2) is 29.3 Å². The lowest BCUT2D eigenvalue weighted by molar-refractivity contribution is -0.135. The van der Waals surface area contributed by atoms with Crippen molar-refractivity contribution in [3.8, 4) is 0 Å². The molecule has 3 aromatic rings. The van der Waals surface area contributed by atoms with E-state index in [0.717, 1.165) is 35.4 Å². The molecule has 6 rings (SSSR count). The first-order valence-corrected chi connectivity index (χ1v) is 12.5. The number of aliphatic imine (C=N–C) groups is 1. The highest BCUT2D eigenvalue weighted by Gasteiger charge is 2.46. The van der Waals surface area contributed by atoms with Gasteiger partial charge in [-0.2, -0.15) is 5.01 Å². The molecule has 1 atom stereocenters. The lowest BCUT2D eigenvalue weighted by Crippen LogP contribution is -2.46. The topological polar surface area (TPSA) is 57.5 Å². The fraction of sp³-hybridized carbons (Fsp3) is 0.207. The van der Waals surface area contributed by atoms with Gasteiger partial charge in [0.15, 0.2) is 0 Å². The Morgan fingerprint density at radius 1 is 1.06 bits per heavy atom. The van der Waals surface area contributed by atoms with Gasteiger partial charge in [-0.05, 0) is 61.6 Å². The lowest BCUT2D eigenvalue weighted by atomic mass is 9.82. The summed E-state index contributed by atoms with van der Waals surface area (Å²) < 4.78 is 5.44. The second kappa shape index (κ2) is 8.95. The molecule has 0 amide bonds. The summed E-state index contributed by atoms with van der Waals surface area (Å²) in [6, 6.07) is 24.0. The molecule has 0 bridgehead atoms. The Kier molecular flexibility index (Phi) is 5.61. The second-order valence-corrected chi connectivity index (χ2v) is 9.50. The number of hydrazone groups is 1. The third-order valence-electron chi connectivity index (χ3n) is 6.77. The first kappa shape index (κ1) is 22.6. The summed E-state index contributed by atoms with van der Waals surface area (Å²) in [5.41, 5.74) is 7.49. The van der Waals surface area contributed by atoms with Crippen molar-refractivity contribution >= 4 is 40.7 Å². The maximum Gasteiger partial charge on any atom is 0.376 e. The summed E-state index contributed by atoms with van der Waals surface area (Å²) in [6.45, 7) is 4.12. The number of nitrogens with zero attached hydrogens (tertiary/aromatic N) is 4. The molecule has 0 aromatic heterocycles. The number of carbonyl (C=O) groups is 1. The molecule has 0 saturated carbocycles. The summed E-state index contributed by atoms with van der Waals surface area (Å²) >= 11 is 6.33. The number of aryl methyl sites for hydroxylation is 2. The molecule has 0 unspecified atom stereocenters. The maximum atomic E-state index is 13.2. The molecule has 3 aromatic carbocycles. The summed E-state index contributed by atoms with van der Waals surface area (Å²) in [6.07, 6.45) is 1.76. The van der Waals surface area contributed by atoms with Gasteiger partial charge in [0, 0.05) is 10.6 Å². The van der Waals surface area contributed by atoms with Gasteiger partial charge in [0.1, 0.15) is 0 Å². The van der Waals surface area contributed by atoms with Gasteiger partial charge in [0.05, 0.1) is 24.0 Å². The van der Waals surface area contributed by atoms with Gasteiger partial charge in [-0.25, -0.2) is 9.79 Å². The maximum absolute atomic E-state index is 13.2. The van der Waals surface area contributed by atoms with Crippen LogP contribution in [0.2, 0.25) is 5.02 Å². The predicted octanol–water partition coefficient (Wildman–Crippen LogP) is 6.12. The van der Waals surface area contributed by atoms with Crippen molar-refractivity contribution in [2.75, 3.05) is 11.6 Å². The molecule has 0 spiro atoms. The molecule has 3 aliphatic rings. The first-order chi connectivity index (χ1) is 17.5. The van der Waals surface area contributed by atoms with Gasteiger partial charge < -0.3 is 4.74 Å². The standard InChI is InChI=1S/C29H25ClN4O2/c1-3-36-28(35)27-32-34(22-9-6-8-21(30)17-22)29-31-25-23-10-5-4-7-19(23)15-16-24(25)26(33(27)29)20-13-11-18(2)12-14-20/h4-14,17,26H,3,15-16H2,1-2H3/t26-/m1/s1. The minimum atomic E-state index is -0.480. The molecule has 180 valence electrons. The number of halogens is 1. The number of guanidine groups is 1. The second-order valence-electron chi connectivity index (χ2n) is 9.06. The highest BCUT2D eigenvalue weighted by molar-refractivity contribution is 6.42. The molecule has 2 heterocycles. The zero-order valence-corrected chi connectivity index (χ0v) is 20.9. The highest BCUT2D eigenvalue weighted by atomic mass is 35.5. The Morgan fingerprint density at radius 3 is 2.64 bits per heavy atom. The van der Waals surface area contributed by atoms with Gasteiger partial charge in [0.25, 0.3) is 0 Å². The molecule has 0 radical (unpaired) electrons. The average Bonchev–Trinajstić information content (AvgIpc) is 3.27. The highest BCUT2D eigenvalue weighted by Crippen LogP contribution is 2.47. The normalized spacial score (nSPS) is 18.2. The molecule has 0 fully saturated rings. The van der Waals surface area contributed by atoms with Crippen molar-refractivity contribution in [3.05, 3.63) is 106 Å². The summed E-state index contributed by atoms with van der Waals surface area (Å²) in [5.74, 6) is 0.292. The smallest absolute Gasteiger partial charge is 0.376 e. The van der Waals surface area contributed by atoms with Crippen LogP contribution in [-0.2, 0) is 16.0 Å². The molecule has 0 N–H and O–H groups in total. The van der Waals surface area contributed by atoms with E-state index in [0.29, 0.717) is 11.0 Å². The Hall–Kier alpha value is -3.90. The summed E-state index contributed by atoms with van der Waals surface area (Å²) in [7, 11) is 0. The van der Waals surface area contributed by atoms with E-state index in [1.807, 2.05) is 35.2 Å². The van der Waals surface area contributed by atoms with Gasteiger partial charge in [-0.3, -0.25) is 4.90 Å². The summed E-state index contributed by atoms with van der Waals surface area (Å²) in [5, 5.41) is 7.03. The molecule has 7 heteroatoms. The van der Waals surface area contributed by atoms with E-state index in [4.69, 9.17) is 26.4 Å². The summed E-state index contributed by atoms with van der Waals surface area (Å²) in [4.78, 5) is 20.3. The fourth-order valence-corrected chi connectivity index (χ4v) is 5.31. The van der Waals surface area contributed by atoms with Gasteiger partial charge >= 0.3 is 5.97 Å². The van der Waals surface area contributed by atoms with Crippen LogP contribution in [0.4, 0.5) is 5.69 Å². The van der Waals surface area contributed by atoms with Crippen LogP contribution in [0.25, 0.3) is 5.70 Å². The molecule has 2 aliphatic heterocycles. The number of carbonyl (C=O) groups excluding carboxylic acids is 1. The van der Waals surface area contributed by atoms with Crippen molar-refractivity contribution in [1.82, 2.24) is 4.90 Å². The number of hydrogen-bond donors (Lipinski definition) is 0. The van der Waals surface area contributed by atoms with E-state index in [1.165, 1.54) is 16.7 Å². The van der Waals surface area contributed by atoms with Gasteiger partial charge in [-0.15, -0.1) is 5.10 Å². The van der Waals surface area contributed by atoms with Crippen LogP contribution in [0, 0.1) is 6.92 Å². The van der Waals surface area contributed by atoms with E-state index < -0.39 is 5.97 Å². The van der Waals surface area contributed by atoms with Gasteiger partial charge in [0.2, 0.25) is 11.8 Å². The van der Waals surface area contributed by atoms with Crippen molar-refractivity contribution in [2.24, 2.45) is 10.1 Å². The molecule has 36 heavy (non-hydrogen) atoms. The average molecular weight is 497 g/mol. The fourth-order valence-electron chi connectivity index (χ4n) is 5.12. The number of ether oxygens (including phenoxy) is 1. The lowest BCUT2D eigenvalue weighted by Gasteiger charge is -2.39. The van der Waals surface area contributed by atoms with E-state index in [9.17, 15) is 4.79 Å². The molecular formula is C29H25ClN4O2. The number of amidine groups is 1. The minimum Gasteiger partial charge on any atom is -0.460 e. The monoisotopic (exact) mass is 496 g/mol. The number of rotatable bonds is 4. The third-order valence-corrected chi connectivity index (χ3v) is 7.01. The molecule has 0 saturated heterocycles. The largest absolute Gasteiger partial charge is 0.460 e. The number of hydrogen-bond acceptors (Lipinski definition) is 6. The number of esters is 1. The van der Waals surface area contributed by atoms with E-state index in [-0.39, 0.29) is 18.5 Å². The van der Waals surface area contributed by atoms with Crippen LogP contribution in [0.1, 0.15) is 41.6 Å². The molecular weight excluding hydrogens is 472 g/mol.